The number of methoxy groups -OCH3 is 1. The van der Waals surface area contributed by atoms with Crippen LogP contribution in [-0.4, -0.2) is 76.9 Å². The largest absolute Gasteiger partial charge is 0.494 e. The number of rotatable bonds is 4. The van der Waals surface area contributed by atoms with Crippen LogP contribution < -0.4 is 15.0 Å². The molecule has 0 saturated carbocycles. The summed E-state index contributed by atoms with van der Waals surface area (Å²) in [5.41, 5.74) is 4.18. The summed E-state index contributed by atoms with van der Waals surface area (Å²) in [7, 11) is 1.46. The number of aromatic nitrogens is 4. The fourth-order valence-electron chi connectivity index (χ4n) is 5.27. The number of anilines is 1. The predicted octanol–water partition coefficient (Wildman–Crippen LogP) is 2.97. The lowest BCUT2D eigenvalue weighted by Crippen LogP contribution is -2.52. The van der Waals surface area contributed by atoms with Crippen LogP contribution in [-0.2, 0) is 0 Å². The number of fused-ring (bicyclic) bond motifs is 2. The lowest BCUT2D eigenvalue weighted by atomic mass is 10.0. The number of benzene rings is 1. The van der Waals surface area contributed by atoms with Crippen LogP contribution in [0.4, 0.5) is 10.1 Å². The van der Waals surface area contributed by atoms with Crippen molar-refractivity contribution >= 4 is 22.2 Å². The molecule has 8 nitrogen and oxygen atoms in total. The molecule has 0 bridgehead atoms. The molecule has 4 aromatic rings. The average Bonchev–Trinajstić information content (AvgIpc) is 3.31. The number of pyridine rings is 1. The van der Waals surface area contributed by atoms with Crippen LogP contribution >= 0.6 is 0 Å². The van der Waals surface area contributed by atoms with E-state index in [2.05, 4.69) is 31.4 Å². The molecule has 2 aliphatic heterocycles. The van der Waals surface area contributed by atoms with Crippen LogP contribution in [0.2, 0.25) is 0 Å². The molecule has 0 unspecified atom stereocenters. The molecule has 0 radical (unpaired) electrons. The van der Waals surface area contributed by atoms with Crippen molar-refractivity contribution < 1.29 is 9.13 Å². The van der Waals surface area contributed by atoms with E-state index in [0.29, 0.717) is 11.6 Å². The molecule has 1 aromatic carbocycles. The summed E-state index contributed by atoms with van der Waals surface area (Å²) in [4.78, 5) is 14.1. The molecule has 2 saturated heterocycles. The number of hydrogen-bond donors (Lipinski definition) is 1. The summed E-state index contributed by atoms with van der Waals surface area (Å²) in [5.74, 6) is -0.236. The Morgan fingerprint density at radius 2 is 1.85 bits per heavy atom. The Kier molecular flexibility index (Phi) is 5.50. The number of piperazine rings is 1. The lowest BCUT2D eigenvalue weighted by molar-refractivity contribution is 0.153. The van der Waals surface area contributed by atoms with E-state index in [9.17, 15) is 4.39 Å². The Balaban J connectivity index is 1.27. The number of nitrogens with zero attached hydrogens (tertiary/aromatic N) is 6. The van der Waals surface area contributed by atoms with Gasteiger partial charge in [-0.2, -0.15) is 5.10 Å². The van der Waals surface area contributed by atoms with E-state index in [1.54, 1.807) is 12.3 Å². The first kappa shape index (κ1) is 21.2. The van der Waals surface area contributed by atoms with Gasteiger partial charge in [0.2, 0.25) is 0 Å². The second-order valence-corrected chi connectivity index (χ2v) is 9.01. The summed E-state index contributed by atoms with van der Waals surface area (Å²) in [6, 6.07) is 5.71. The van der Waals surface area contributed by atoms with Crippen LogP contribution in [0.25, 0.3) is 27.7 Å². The molecular formula is C25H28FN7O. The fraction of sp³-hybridized carbons (Fsp3) is 0.400. The quantitative estimate of drug-likeness (QED) is 0.501. The van der Waals surface area contributed by atoms with E-state index < -0.39 is 5.82 Å². The second kappa shape index (κ2) is 8.81. The lowest BCUT2D eigenvalue weighted by Gasteiger charge is -2.41. The Morgan fingerprint density at radius 3 is 2.65 bits per heavy atom. The third kappa shape index (κ3) is 3.74. The monoisotopic (exact) mass is 461 g/mol. The van der Waals surface area contributed by atoms with Crippen molar-refractivity contribution in [2.24, 2.45) is 0 Å². The van der Waals surface area contributed by atoms with E-state index >= 15 is 0 Å². The zero-order chi connectivity index (χ0) is 23.1. The summed E-state index contributed by atoms with van der Waals surface area (Å²) in [6.07, 6.45) is 9.96. The second-order valence-electron chi connectivity index (χ2n) is 9.01. The maximum atomic E-state index is 14.2. The summed E-state index contributed by atoms with van der Waals surface area (Å²) in [6.45, 7) is 6.39. The van der Waals surface area contributed by atoms with Crippen molar-refractivity contribution in [3.05, 3.63) is 48.8 Å². The minimum atomic E-state index is -0.428. The maximum absolute atomic E-state index is 14.2. The standard InChI is InChI=1S/C25H28FN7O/c1-34-24-12-20-19(4-7-28-23(20)13-22(24)26)21-15-30-33-16-18(14-29-25(21)33)32-10-8-31(9-11-32)17-2-5-27-6-3-17/h4,7,12-17,27H,2-3,5-6,8-11H2,1H3. The van der Waals surface area contributed by atoms with Gasteiger partial charge in [0.05, 0.1) is 36.9 Å². The fourth-order valence-corrected chi connectivity index (χ4v) is 5.27. The number of hydrogen-bond acceptors (Lipinski definition) is 7. The van der Waals surface area contributed by atoms with E-state index in [1.807, 2.05) is 23.0 Å². The van der Waals surface area contributed by atoms with Crippen molar-refractivity contribution in [2.45, 2.75) is 18.9 Å². The minimum absolute atomic E-state index is 0.192. The zero-order valence-corrected chi connectivity index (χ0v) is 19.2. The molecule has 5 heterocycles. The summed E-state index contributed by atoms with van der Waals surface area (Å²) < 4.78 is 21.2. The third-order valence-corrected chi connectivity index (χ3v) is 7.15. The molecule has 0 atom stereocenters. The van der Waals surface area contributed by atoms with Crippen LogP contribution in [0.15, 0.2) is 43.0 Å². The Bertz CT molecular complexity index is 1330. The highest BCUT2D eigenvalue weighted by Gasteiger charge is 2.25. The van der Waals surface area contributed by atoms with Gasteiger partial charge in [-0.25, -0.2) is 13.9 Å². The van der Waals surface area contributed by atoms with Gasteiger partial charge in [-0.05, 0) is 43.6 Å². The maximum Gasteiger partial charge on any atom is 0.167 e. The highest BCUT2D eigenvalue weighted by Crippen LogP contribution is 2.33. The first-order valence-corrected chi connectivity index (χ1v) is 11.9. The minimum Gasteiger partial charge on any atom is -0.494 e. The van der Waals surface area contributed by atoms with Crippen molar-refractivity contribution in [3.8, 4) is 16.9 Å². The van der Waals surface area contributed by atoms with Gasteiger partial charge < -0.3 is 15.0 Å². The molecule has 0 aliphatic carbocycles. The molecule has 1 N–H and O–H groups in total. The van der Waals surface area contributed by atoms with Gasteiger partial charge >= 0.3 is 0 Å². The molecule has 3 aromatic heterocycles. The van der Waals surface area contributed by atoms with Crippen molar-refractivity contribution in [3.63, 3.8) is 0 Å². The van der Waals surface area contributed by atoms with Crippen LogP contribution in [0.1, 0.15) is 12.8 Å². The van der Waals surface area contributed by atoms with Crippen LogP contribution in [0.5, 0.6) is 5.75 Å². The number of piperidine rings is 1. The number of ether oxygens (including phenoxy) is 1. The molecule has 9 heteroatoms. The van der Waals surface area contributed by atoms with Gasteiger partial charge in [0.25, 0.3) is 0 Å². The smallest absolute Gasteiger partial charge is 0.167 e. The van der Waals surface area contributed by atoms with Gasteiger partial charge in [-0.1, -0.05) is 0 Å². The molecule has 2 fully saturated rings. The topological polar surface area (TPSA) is 70.8 Å². The SMILES string of the molecule is COc1cc2c(-c3cnn4cc(N5CCN(C6CCNCC6)CC5)cnc34)ccnc2cc1F. The Hall–Kier alpha value is -3.30. The summed E-state index contributed by atoms with van der Waals surface area (Å²) >= 11 is 0. The van der Waals surface area contributed by atoms with Crippen molar-refractivity contribution in [1.82, 2.24) is 29.8 Å². The normalized spacial score (nSPS) is 18.1. The predicted molar refractivity (Wildman–Crippen MR) is 130 cm³/mol. The van der Waals surface area contributed by atoms with Crippen molar-refractivity contribution in [1.29, 1.82) is 0 Å². The van der Waals surface area contributed by atoms with Gasteiger partial charge in [0, 0.05) is 55.4 Å². The van der Waals surface area contributed by atoms with Gasteiger partial charge in [0.15, 0.2) is 17.2 Å². The molecule has 2 aliphatic rings. The van der Waals surface area contributed by atoms with E-state index in [1.165, 1.54) is 26.0 Å². The van der Waals surface area contributed by atoms with Crippen LogP contribution in [0, 0.1) is 5.82 Å². The average molecular weight is 462 g/mol. The highest BCUT2D eigenvalue weighted by atomic mass is 19.1. The highest BCUT2D eigenvalue weighted by molar-refractivity contribution is 5.98. The Labute approximate surface area is 197 Å². The third-order valence-electron chi connectivity index (χ3n) is 7.15. The first-order valence-electron chi connectivity index (χ1n) is 11.9. The Morgan fingerprint density at radius 1 is 1.03 bits per heavy atom. The van der Waals surface area contributed by atoms with E-state index in [-0.39, 0.29) is 5.75 Å². The summed E-state index contributed by atoms with van der Waals surface area (Å²) in [5, 5.41) is 8.85. The zero-order valence-electron chi connectivity index (χ0n) is 19.2. The van der Waals surface area contributed by atoms with Gasteiger partial charge in [-0.15, -0.1) is 0 Å². The first-order chi connectivity index (χ1) is 16.7. The molecule has 176 valence electrons. The molecule has 0 amide bonds. The van der Waals surface area contributed by atoms with Gasteiger partial charge in [0.1, 0.15) is 0 Å². The van der Waals surface area contributed by atoms with E-state index in [0.717, 1.165) is 67.1 Å². The van der Waals surface area contributed by atoms with Crippen molar-refractivity contribution in [2.75, 3.05) is 51.3 Å². The molecule has 6 rings (SSSR count). The molecular weight excluding hydrogens is 433 g/mol. The molecule has 34 heavy (non-hydrogen) atoms. The molecule has 0 spiro atoms. The van der Waals surface area contributed by atoms with E-state index in [4.69, 9.17) is 9.72 Å². The van der Waals surface area contributed by atoms with Crippen LogP contribution in [0.3, 0.4) is 0 Å². The number of halogens is 1. The van der Waals surface area contributed by atoms with Gasteiger partial charge in [-0.3, -0.25) is 9.88 Å². The number of nitrogens with one attached hydrogen (secondary N) is 1.